The molecule has 2 aromatic carbocycles. The second-order valence-electron chi connectivity index (χ2n) is 7.36. The van der Waals surface area contributed by atoms with Gasteiger partial charge < -0.3 is 10.3 Å². The minimum absolute atomic E-state index is 0.0839. The largest absolute Gasteiger partial charge is 0.361 e. The summed E-state index contributed by atoms with van der Waals surface area (Å²) in [5, 5.41) is 4.66. The average Bonchev–Trinajstić information content (AvgIpc) is 3.31. The molecule has 1 saturated heterocycles. The predicted octanol–water partition coefficient (Wildman–Crippen LogP) is 3.61. The first-order chi connectivity index (χ1) is 14.5. The maximum absolute atomic E-state index is 12.5. The van der Waals surface area contributed by atoms with Gasteiger partial charge in [-0.3, -0.25) is 19.3 Å². The minimum Gasteiger partial charge on any atom is -0.361 e. The molecule has 6 nitrogen and oxygen atoms in total. The zero-order valence-electron chi connectivity index (χ0n) is 16.4. The number of para-hydroxylation sites is 1. The highest BCUT2D eigenvalue weighted by Crippen LogP contribution is 2.34. The maximum Gasteiger partial charge on any atom is 0.229 e. The van der Waals surface area contributed by atoms with Crippen LogP contribution in [0, 0.1) is 0 Å². The number of imide groups is 1. The lowest BCUT2D eigenvalue weighted by Gasteiger charge is -2.20. The number of halogens is 1. The Morgan fingerprint density at radius 3 is 2.50 bits per heavy atom. The standard InChI is InChI=1S/C23H22ClN3O3/c24-19-7-3-1-5-15(19)17(18-13-25-20-8-4-2-6-16(18)20)14-26-21(28)11-12-27-22(29)9-10-23(27)30/h1-8,13,17,25H,9-12,14H2,(H,26,28). The van der Waals surface area contributed by atoms with Gasteiger partial charge in [0.1, 0.15) is 0 Å². The number of aromatic amines is 1. The molecular formula is C23H22ClN3O3. The highest BCUT2D eigenvalue weighted by molar-refractivity contribution is 6.31. The monoisotopic (exact) mass is 423 g/mol. The number of rotatable bonds is 7. The fourth-order valence-corrected chi connectivity index (χ4v) is 4.18. The normalized spacial score (nSPS) is 15.0. The maximum atomic E-state index is 12.5. The van der Waals surface area contributed by atoms with Crippen molar-refractivity contribution in [1.82, 2.24) is 15.2 Å². The zero-order chi connectivity index (χ0) is 21.1. The van der Waals surface area contributed by atoms with Gasteiger partial charge in [-0.15, -0.1) is 0 Å². The molecule has 2 heterocycles. The van der Waals surface area contributed by atoms with Gasteiger partial charge in [-0.05, 0) is 23.3 Å². The Balaban J connectivity index is 1.51. The van der Waals surface area contributed by atoms with Gasteiger partial charge in [-0.1, -0.05) is 48.0 Å². The molecule has 2 N–H and O–H groups in total. The van der Waals surface area contributed by atoms with Crippen LogP contribution in [-0.4, -0.2) is 40.7 Å². The Hall–Kier alpha value is -3.12. The van der Waals surface area contributed by atoms with Crippen molar-refractivity contribution >= 4 is 40.2 Å². The highest BCUT2D eigenvalue weighted by atomic mass is 35.5. The van der Waals surface area contributed by atoms with E-state index >= 15 is 0 Å². The number of carbonyl (C=O) groups is 3. The third-order valence-corrected chi connectivity index (χ3v) is 5.84. The Labute approximate surface area is 179 Å². The number of amides is 3. The number of benzene rings is 2. The van der Waals surface area contributed by atoms with Crippen molar-refractivity contribution in [1.29, 1.82) is 0 Å². The first kappa shape index (κ1) is 20.2. The van der Waals surface area contributed by atoms with E-state index in [2.05, 4.69) is 10.3 Å². The number of aromatic nitrogens is 1. The Bertz CT molecular complexity index is 1090. The van der Waals surface area contributed by atoms with Crippen molar-refractivity contribution in [2.75, 3.05) is 13.1 Å². The molecule has 1 atom stereocenters. The molecular weight excluding hydrogens is 402 g/mol. The Morgan fingerprint density at radius 2 is 1.73 bits per heavy atom. The van der Waals surface area contributed by atoms with E-state index in [1.54, 1.807) is 0 Å². The van der Waals surface area contributed by atoms with Crippen LogP contribution in [0.15, 0.2) is 54.7 Å². The number of nitrogens with one attached hydrogen (secondary N) is 2. The van der Waals surface area contributed by atoms with E-state index in [1.807, 2.05) is 54.7 Å². The van der Waals surface area contributed by atoms with Gasteiger partial charge in [0.2, 0.25) is 17.7 Å². The van der Waals surface area contributed by atoms with Crippen molar-refractivity contribution in [3.8, 4) is 0 Å². The van der Waals surface area contributed by atoms with E-state index in [4.69, 9.17) is 11.6 Å². The van der Waals surface area contributed by atoms with Gasteiger partial charge in [-0.25, -0.2) is 0 Å². The second-order valence-corrected chi connectivity index (χ2v) is 7.76. The van der Waals surface area contributed by atoms with E-state index in [0.717, 1.165) is 22.0 Å². The minimum atomic E-state index is -0.209. The average molecular weight is 424 g/mol. The number of fused-ring (bicyclic) bond motifs is 1. The van der Waals surface area contributed by atoms with E-state index < -0.39 is 0 Å². The molecule has 1 aliphatic rings. The van der Waals surface area contributed by atoms with Gasteiger partial charge >= 0.3 is 0 Å². The summed E-state index contributed by atoms with van der Waals surface area (Å²) in [4.78, 5) is 40.4. The molecule has 30 heavy (non-hydrogen) atoms. The van der Waals surface area contributed by atoms with Crippen LogP contribution in [0.25, 0.3) is 10.9 Å². The van der Waals surface area contributed by atoms with E-state index in [-0.39, 0.29) is 49.4 Å². The van der Waals surface area contributed by atoms with Gasteiger partial charge in [0.25, 0.3) is 0 Å². The van der Waals surface area contributed by atoms with E-state index in [1.165, 1.54) is 4.90 Å². The fraction of sp³-hybridized carbons (Fsp3) is 0.261. The topological polar surface area (TPSA) is 82.3 Å². The fourth-order valence-electron chi connectivity index (χ4n) is 3.92. The molecule has 0 spiro atoms. The summed E-state index contributed by atoms with van der Waals surface area (Å²) < 4.78 is 0. The molecule has 0 bridgehead atoms. The van der Waals surface area contributed by atoms with Crippen LogP contribution in [0.4, 0.5) is 0 Å². The Kier molecular flexibility index (Phi) is 5.86. The van der Waals surface area contributed by atoms with Crippen LogP contribution >= 0.6 is 11.6 Å². The third kappa shape index (κ3) is 4.09. The quantitative estimate of drug-likeness (QED) is 0.569. The molecule has 0 aliphatic carbocycles. The molecule has 7 heteroatoms. The summed E-state index contributed by atoms with van der Waals surface area (Å²) in [5.41, 5.74) is 2.99. The number of likely N-dealkylation sites (tertiary alicyclic amines) is 1. The van der Waals surface area contributed by atoms with E-state index in [9.17, 15) is 14.4 Å². The predicted molar refractivity (Wildman–Crippen MR) is 115 cm³/mol. The summed E-state index contributed by atoms with van der Waals surface area (Å²) >= 11 is 6.48. The van der Waals surface area contributed by atoms with Crippen molar-refractivity contribution in [2.45, 2.75) is 25.2 Å². The molecule has 3 aromatic rings. The van der Waals surface area contributed by atoms with Crippen LogP contribution < -0.4 is 5.32 Å². The van der Waals surface area contributed by atoms with Gasteiger partial charge in [-0.2, -0.15) is 0 Å². The lowest BCUT2D eigenvalue weighted by Crippen LogP contribution is -2.35. The second kappa shape index (κ2) is 8.71. The van der Waals surface area contributed by atoms with E-state index in [0.29, 0.717) is 11.6 Å². The van der Waals surface area contributed by atoms with Crippen molar-refractivity contribution < 1.29 is 14.4 Å². The Morgan fingerprint density at radius 1 is 1.03 bits per heavy atom. The molecule has 1 unspecified atom stereocenters. The molecule has 3 amide bonds. The van der Waals surface area contributed by atoms with Crippen molar-refractivity contribution in [2.24, 2.45) is 0 Å². The smallest absolute Gasteiger partial charge is 0.229 e. The van der Waals surface area contributed by atoms with Gasteiger partial charge in [0.05, 0.1) is 0 Å². The van der Waals surface area contributed by atoms with Gasteiger partial charge in [0.15, 0.2) is 0 Å². The number of carbonyl (C=O) groups excluding carboxylic acids is 3. The molecule has 4 rings (SSSR count). The van der Waals surface area contributed by atoms with Crippen LogP contribution in [0.5, 0.6) is 0 Å². The summed E-state index contributed by atoms with van der Waals surface area (Å²) in [6.45, 7) is 0.472. The first-order valence-electron chi connectivity index (χ1n) is 9.95. The summed E-state index contributed by atoms with van der Waals surface area (Å²) in [6, 6.07) is 15.6. The van der Waals surface area contributed by atoms with Crippen LogP contribution in [0.2, 0.25) is 5.02 Å². The highest BCUT2D eigenvalue weighted by Gasteiger charge is 2.29. The SMILES string of the molecule is O=C(CCN1C(=O)CCC1=O)NCC(c1ccccc1Cl)c1c[nH]c2ccccc12. The third-order valence-electron chi connectivity index (χ3n) is 5.50. The molecule has 0 saturated carbocycles. The zero-order valence-corrected chi connectivity index (χ0v) is 17.1. The lowest BCUT2D eigenvalue weighted by atomic mass is 9.90. The molecule has 1 aromatic heterocycles. The van der Waals surface area contributed by atoms with Crippen LogP contribution in [0.1, 0.15) is 36.3 Å². The summed E-state index contributed by atoms with van der Waals surface area (Å²) in [5.74, 6) is -0.769. The summed E-state index contributed by atoms with van der Waals surface area (Å²) in [6.07, 6.45) is 2.50. The number of hydrogen-bond donors (Lipinski definition) is 2. The van der Waals surface area contributed by atoms with Crippen molar-refractivity contribution in [3.05, 3.63) is 70.9 Å². The molecule has 1 aliphatic heterocycles. The molecule has 1 fully saturated rings. The van der Waals surface area contributed by atoms with Crippen molar-refractivity contribution in [3.63, 3.8) is 0 Å². The van der Waals surface area contributed by atoms with Crippen LogP contribution in [0.3, 0.4) is 0 Å². The number of nitrogens with zero attached hydrogens (tertiary/aromatic N) is 1. The van der Waals surface area contributed by atoms with Gasteiger partial charge in [0, 0.05) is 60.4 Å². The number of hydrogen-bond acceptors (Lipinski definition) is 3. The summed E-state index contributed by atoms with van der Waals surface area (Å²) in [7, 11) is 0. The molecule has 154 valence electrons. The number of H-pyrrole nitrogens is 1. The lowest BCUT2D eigenvalue weighted by molar-refractivity contribution is -0.138. The molecule has 0 radical (unpaired) electrons. The van der Waals surface area contributed by atoms with Crippen LogP contribution in [-0.2, 0) is 14.4 Å². The first-order valence-corrected chi connectivity index (χ1v) is 10.3.